The van der Waals surface area contributed by atoms with E-state index in [0.29, 0.717) is 12.1 Å². The van der Waals surface area contributed by atoms with Crippen LogP contribution in [0.5, 0.6) is 0 Å². The number of fused-ring (bicyclic) bond motifs is 1. The number of hydrogen-bond donors (Lipinski definition) is 1. The van der Waals surface area contributed by atoms with Gasteiger partial charge in [0.2, 0.25) is 10.0 Å². The second-order valence-electron chi connectivity index (χ2n) is 4.85. The highest BCUT2D eigenvalue weighted by Crippen LogP contribution is 2.21. The molecule has 0 amide bonds. The first-order chi connectivity index (χ1) is 9.58. The SMILES string of the molecule is C[C@@H](NS(=O)(=O)c1cccc2nonc12)[C@@H]1CCCO1. The van der Waals surface area contributed by atoms with Gasteiger partial charge in [-0.05, 0) is 42.2 Å². The maximum atomic E-state index is 12.4. The Morgan fingerprint density at radius 3 is 3.00 bits per heavy atom. The summed E-state index contributed by atoms with van der Waals surface area (Å²) in [5.41, 5.74) is 0.650. The normalized spacial score (nSPS) is 21.4. The fraction of sp³-hybridized carbons (Fsp3) is 0.500. The molecule has 1 aromatic carbocycles. The Kier molecular flexibility index (Phi) is 3.45. The number of ether oxygens (including phenoxy) is 1. The Bertz CT molecular complexity index is 706. The van der Waals surface area contributed by atoms with Crippen LogP contribution in [0.2, 0.25) is 0 Å². The third kappa shape index (κ3) is 2.41. The average Bonchev–Trinajstić information content (AvgIpc) is 3.08. The summed E-state index contributed by atoms with van der Waals surface area (Å²) in [4.78, 5) is 0.0705. The standard InChI is InChI=1S/C12H15N3O4S/c1-8(10-5-3-7-18-10)15-20(16,17)11-6-2-4-9-12(11)14-19-13-9/h2,4,6,8,10,15H,3,5,7H2,1H3/t8-,10+/m1/s1. The number of nitrogens with zero attached hydrogens (tertiary/aromatic N) is 2. The van der Waals surface area contributed by atoms with Crippen LogP contribution in [0.1, 0.15) is 19.8 Å². The Labute approximate surface area is 116 Å². The number of benzene rings is 1. The molecule has 1 N–H and O–H groups in total. The Morgan fingerprint density at radius 2 is 2.25 bits per heavy atom. The van der Waals surface area contributed by atoms with Crippen molar-refractivity contribution in [1.82, 2.24) is 15.0 Å². The summed E-state index contributed by atoms with van der Waals surface area (Å²) in [6.45, 7) is 2.48. The number of aromatic nitrogens is 2. The summed E-state index contributed by atoms with van der Waals surface area (Å²) in [5.74, 6) is 0. The first-order valence-corrected chi connectivity index (χ1v) is 7.91. The van der Waals surface area contributed by atoms with Crippen LogP contribution in [0.3, 0.4) is 0 Å². The number of hydrogen-bond acceptors (Lipinski definition) is 6. The van der Waals surface area contributed by atoms with Gasteiger partial charge in [0.1, 0.15) is 10.4 Å². The monoisotopic (exact) mass is 297 g/mol. The minimum absolute atomic E-state index is 0.0705. The van der Waals surface area contributed by atoms with Gasteiger partial charge in [-0.3, -0.25) is 0 Å². The van der Waals surface area contributed by atoms with E-state index in [2.05, 4.69) is 19.7 Å². The van der Waals surface area contributed by atoms with Gasteiger partial charge < -0.3 is 4.74 Å². The quantitative estimate of drug-likeness (QED) is 0.907. The molecule has 0 spiro atoms. The molecule has 3 rings (SSSR count). The van der Waals surface area contributed by atoms with E-state index in [1.807, 2.05) is 0 Å². The molecular formula is C12H15N3O4S. The summed E-state index contributed by atoms with van der Waals surface area (Å²) in [6.07, 6.45) is 1.73. The van der Waals surface area contributed by atoms with E-state index in [1.54, 1.807) is 19.1 Å². The summed E-state index contributed by atoms with van der Waals surface area (Å²) < 4.78 is 37.6. The highest BCUT2D eigenvalue weighted by atomic mass is 32.2. The van der Waals surface area contributed by atoms with Crippen LogP contribution >= 0.6 is 0 Å². The summed E-state index contributed by atoms with van der Waals surface area (Å²) in [7, 11) is -3.69. The lowest BCUT2D eigenvalue weighted by Gasteiger charge is -2.19. The van der Waals surface area contributed by atoms with Gasteiger partial charge in [-0.15, -0.1) is 0 Å². The van der Waals surface area contributed by atoms with Crippen molar-refractivity contribution in [1.29, 1.82) is 0 Å². The predicted molar refractivity (Wildman–Crippen MR) is 70.6 cm³/mol. The summed E-state index contributed by atoms with van der Waals surface area (Å²) in [6, 6.07) is 4.45. The Hall–Kier alpha value is -1.51. The van der Waals surface area contributed by atoms with Crippen molar-refractivity contribution in [3.8, 4) is 0 Å². The topological polar surface area (TPSA) is 94.3 Å². The Morgan fingerprint density at radius 1 is 1.40 bits per heavy atom. The first-order valence-electron chi connectivity index (χ1n) is 6.43. The van der Waals surface area contributed by atoms with Crippen molar-refractivity contribution in [3.05, 3.63) is 18.2 Å². The van der Waals surface area contributed by atoms with Crippen LogP contribution in [0.4, 0.5) is 0 Å². The van der Waals surface area contributed by atoms with Crippen molar-refractivity contribution in [2.24, 2.45) is 0 Å². The minimum atomic E-state index is -3.69. The minimum Gasteiger partial charge on any atom is -0.377 e. The van der Waals surface area contributed by atoms with Crippen molar-refractivity contribution in [2.45, 2.75) is 36.8 Å². The molecule has 7 nitrogen and oxygen atoms in total. The van der Waals surface area contributed by atoms with Crippen LogP contribution in [0.25, 0.3) is 11.0 Å². The average molecular weight is 297 g/mol. The fourth-order valence-corrected chi connectivity index (χ4v) is 3.80. The number of rotatable bonds is 4. The van der Waals surface area contributed by atoms with Gasteiger partial charge in [-0.1, -0.05) is 6.07 Å². The van der Waals surface area contributed by atoms with Crippen LogP contribution in [-0.4, -0.2) is 37.5 Å². The largest absolute Gasteiger partial charge is 0.377 e. The van der Waals surface area contributed by atoms with Crippen LogP contribution in [0, 0.1) is 0 Å². The van der Waals surface area contributed by atoms with E-state index in [-0.39, 0.29) is 22.6 Å². The lowest BCUT2D eigenvalue weighted by molar-refractivity contribution is 0.0902. The second kappa shape index (κ2) is 5.12. The molecule has 0 radical (unpaired) electrons. The smallest absolute Gasteiger partial charge is 0.243 e. The molecule has 0 aliphatic carbocycles. The lowest BCUT2D eigenvalue weighted by Crippen LogP contribution is -2.40. The van der Waals surface area contributed by atoms with Gasteiger partial charge in [0.05, 0.1) is 6.10 Å². The molecule has 1 aliphatic rings. The highest BCUT2D eigenvalue weighted by molar-refractivity contribution is 7.89. The van der Waals surface area contributed by atoms with Gasteiger partial charge in [0, 0.05) is 12.6 Å². The molecule has 1 aromatic heterocycles. The van der Waals surface area contributed by atoms with Crippen molar-refractivity contribution >= 4 is 21.1 Å². The number of sulfonamides is 1. The molecule has 2 aromatic rings. The van der Waals surface area contributed by atoms with Crippen LogP contribution in [-0.2, 0) is 14.8 Å². The third-order valence-corrected chi connectivity index (χ3v) is 4.99. The molecular weight excluding hydrogens is 282 g/mol. The summed E-state index contributed by atoms with van der Waals surface area (Å²) in [5, 5.41) is 7.30. The number of nitrogens with one attached hydrogen (secondary N) is 1. The molecule has 108 valence electrons. The van der Waals surface area contributed by atoms with E-state index in [1.165, 1.54) is 6.07 Å². The molecule has 2 heterocycles. The van der Waals surface area contributed by atoms with Crippen LogP contribution < -0.4 is 4.72 Å². The molecule has 8 heteroatoms. The molecule has 1 saturated heterocycles. The van der Waals surface area contributed by atoms with Crippen molar-refractivity contribution < 1.29 is 17.8 Å². The maximum Gasteiger partial charge on any atom is 0.243 e. The molecule has 2 atom stereocenters. The van der Waals surface area contributed by atoms with Gasteiger partial charge >= 0.3 is 0 Å². The maximum absolute atomic E-state index is 12.4. The van der Waals surface area contributed by atoms with Crippen LogP contribution in [0.15, 0.2) is 27.7 Å². The highest BCUT2D eigenvalue weighted by Gasteiger charge is 2.28. The first kappa shape index (κ1) is 13.5. The molecule has 0 bridgehead atoms. The lowest BCUT2D eigenvalue weighted by atomic mass is 10.1. The van der Waals surface area contributed by atoms with Gasteiger partial charge in [0.15, 0.2) is 5.52 Å². The van der Waals surface area contributed by atoms with E-state index in [4.69, 9.17) is 4.74 Å². The zero-order valence-electron chi connectivity index (χ0n) is 10.9. The summed E-state index contributed by atoms with van der Waals surface area (Å²) >= 11 is 0. The zero-order valence-corrected chi connectivity index (χ0v) is 11.8. The zero-order chi connectivity index (χ0) is 14.2. The molecule has 0 unspecified atom stereocenters. The van der Waals surface area contributed by atoms with Crippen molar-refractivity contribution in [2.75, 3.05) is 6.61 Å². The van der Waals surface area contributed by atoms with Gasteiger partial charge in [0.25, 0.3) is 0 Å². The van der Waals surface area contributed by atoms with E-state index >= 15 is 0 Å². The molecule has 1 aliphatic heterocycles. The van der Waals surface area contributed by atoms with Gasteiger partial charge in [-0.2, -0.15) is 0 Å². The Balaban J connectivity index is 1.89. The van der Waals surface area contributed by atoms with Crippen molar-refractivity contribution in [3.63, 3.8) is 0 Å². The fourth-order valence-electron chi connectivity index (χ4n) is 2.38. The van der Waals surface area contributed by atoms with E-state index < -0.39 is 10.0 Å². The molecule has 20 heavy (non-hydrogen) atoms. The van der Waals surface area contributed by atoms with E-state index in [0.717, 1.165) is 12.8 Å². The van der Waals surface area contributed by atoms with Gasteiger partial charge in [-0.25, -0.2) is 17.8 Å². The predicted octanol–water partition coefficient (Wildman–Crippen LogP) is 1.07. The molecule has 0 saturated carbocycles. The second-order valence-corrected chi connectivity index (χ2v) is 6.53. The third-order valence-electron chi connectivity index (χ3n) is 3.40. The van der Waals surface area contributed by atoms with E-state index in [9.17, 15) is 8.42 Å². The molecule has 1 fully saturated rings.